The molecule has 1 aliphatic rings. The standard InChI is InChI=1S/C21H21NO2.C4H4O4/c1-22(2)13-7-10-17-15-8-3-5-11-19(15)23-14-18-16-9-4-6-12-20(16)24-21(17)18;5-3(6)1-2-4(7)8/h3-6,8-12H,7,13-14H2,1-2H3;1-2H,(H,5,6)(H,7,8)/b17-10-;2-1+. The Morgan fingerprint density at radius 2 is 1.66 bits per heavy atom. The van der Waals surface area contributed by atoms with Gasteiger partial charge in [0, 0.05) is 40.8 Å². The molecule has 0 saturated heterocycles. The topological polar surface area (TPSA) is 100 Å². The lowest BCUT2D eigenvalue weighted by atomic mass is 9.99. The molecule has 0 aliphatic carbocycles. The third-order valence-corrected chi connectivity index (χ3v) is 4.79. The van der Waals surface area contributed by atoms with E-state index in [1.165, 1.54) is 0 Å². The molecule has 0 spiro atoms. The molecule has 0 amide bonds. The summed E-state index contributed by atoms with van der Waals surface area (Å²) < 4.78 is 12.3. The first kappa shape index (κ1) is 22.8. The summed E-state index contributed by atoms with van der Waals surface area (Å²) in [7, 11) is 4.19. The Morgan fingerprint density at radius 3 is 2.34 bits per heavy atom. The van der Waals surface area contributed by atoms with E-state index in [2.05, 4.69) is 43.3 Å². The lowest BCUT2D eigenvalue weighted by molar-refractivity contribution is -0.134. The van der Waals surface area contributed by atoms with Crippen molar-refractivity contribution < 1.29 is 29.0 Å². The number of benzene rings is 2. The van der Waals surface area contributed by atoms with Crippen LogP contribution in [0, 0.1) is 0 Å². The Kier molecular flexibility index (Phi) is 7.46. The molecule has 0 saturated carbocycles. The number of fused-ring (bicyclic) bond motifs is 4. The molecule has 7 heteroatoms. The summed E-state index contributed by atoms with van der Waals surface area (Å²) in [6.07, 6.45) is 4.35. The molecule has 0 unspecified atom stereocenters. The van der Waals surface area contributed by atoms with E-state index in [-0.39, 0.29) is 0 Å². The minimum atomic E-state index is -1.26. The Hall–Kier alpha value is -3.84. The molecule has 4 rings (SSSR count). The van der Waals surface area contributed by atoms with Crippen LogP contribution in [-0.4, -0.2) is 47.7 Å². The van der Waals surface area contributed by atoms with Gasteiger partial charge in [0.2, 0.25) is 0 Å². The van der Waals surface area contributed by atoms with Gasteiger partial charge in [-0.2, -0.15) is 0 Å². The molecule has 0 radical (unpaired) electrons. The van der Waals surface area contributed by atoms with Crippen molar-refractivity contribution in [3.8, 4) is 5.75 Å². The largest absolute Gasteiger partial charge is 0.488 e. The third kappa shape index (κ3) is 5.65. The molecule has 0 bridgehead atoms. The Balaban J connectivity index is 0.000000312. The van der Waals surface area contributed by atoms with Crippen molar-refractivity contribution in [2.75, 3.05) is 20.6 Å². The van der Waals surface area contributed by atoms with Crippen molar-refractivity contribution in [3.63, 3.8) is 0 Å². The van der Waals surface area contributed by atoms with E-state index in [1.807, 2.05) is 30.3 Å². The van der Waals surface area contributed by atoms with E-state index in [4.69, 9.17) is 19.4 Å². The van der Waals surface area contributed by atoms with E-state index in [0.29, 0.717) is 18.8 Å². The highest BCUT2D eigenvalue weighted by Gasteiger charge is 2.24. The number of hydrogen-bond donors (Lipinski definition) is 2. The fraction of sp³-hybridized carbons (Fsp3) is 0.200. The second-order valence-corrected chi connectivity index (χ2v) is 7.41. The van der Waals surface area contributed by atoms with Crippen LogP contribution in [0.2, 0.25) is 0 Å². The van der Waals surface area contributed by atoms with Crippen LogP contribution < -0.4 is 4.74 Å². The molecule has 3 aromatic rings. The lowest BCUT2D eigenvalue weighted by Crippen LogP contribution is -2.12. The molecule has 166 valence electrons. The molecule has 2 aromatic carbocycles. The van der Waals surface area contributed by atoms with Gasteiger partial charge in [-0.25, -0.2) is 9.59 Å². The summed E-state index contributed by atoms with van der Waals surface area (Å²) in [5, 5.41) is 16.8. The summed E-state index contributed by atoms with van der Waals surface area (Å²) in [5.41, 5.74) is 4.30. The number of carbonyl (C=O) groups is 2. The highest BCUT2D eigenvalue weighted by molar-refractivity contribution is 5.92. The van der Waals surface area contributed by atoms with Crippen molar-refractivity contribution in [1.82, 2.24) is 4.90 Å². The summed E-state index contributed by atoms with van der Waals surface area (Å²) >= 11 is 0. The highest BCUT2D eigenvalue weighted by atomic mass is 16.5. The molecule has 1 aromatic heterocycles. The monoisotopic (exact) mass is 435 g/mol. The SMILES string of the molecule is CN(C)CC/C=C1/c2ccccc2OCc2c1oc1ccccc21.O=C(O)/C=C/C(=O)O. The van der Waals surface area contributed by atoms with E-state index < -0.39 is 11.9 Å². The summed E-state index contributed by atoms with van der Waals surface area (Å²) in [6, 6.07) is 16.4. The maximum atomic E-state index is 9.55. The maximum Gasteiger partial charge on any atom is 0.328 e. The normalized spacial score (nSPS) is 13.8. The Morgan fingerprint density at radius 1 is 1.00 bits per heavy atom. The molecular weight excluding hydrogens is 410 g/mol. The predicted octanol–water partition coefficient (Wildman–Crippen LogP) is 4.42. The third-order valence-electron chi connectivity index (χ3n) is 4.79. The molecule has 2 N–H and O–H groups in total. The number of rotatable bonds is 5. The van der Waals surface area contributed by atoms with Crippen LogP contribution in [0.15, 0.2) is 71.2 Å². The second kappa shape index (κ2) is 10.5. The van der Waals surface area contributed by atoms with Crippen LogP contribution >= 0.6 is 0 Å². The van der Waals surface area contributed by atoms with Gasteiger partial charge in [-0.15, -0.1) is 0 Å². The minimum absolute atomic E-state index is 0.536. The number of hydrogen-bond acceptors (Lipinski definition) is 5. The van der Waals surface area contributed by atoms with Crippen LogP contribution in [0.5, 0.6) is 5.75 Å². The maximum absolute atomic E-state index is 9.55. The van der Waals surface area contributed by atoms with Crippen molar-refractivity contribution in [2.24, 2.45) is 0 Å². The van der Waals surface area contributed by atoms with Gasteiger partial charge in [0.1, 0.15) is 23.7 Å². The van der Waals surface area contributed by atoms with Gasteiger partial charge >= 0.3 is 11.9 Å². The average molecular weight is 435 g/mol. The van der Waals surface area contributed by atoms with E-state index in [1.54, 1.807) is 0 Å². The molecule has 1 aliphatic heterocycles. The van der Waals surface area contributed by atoms with Crippen molar-refractivity contribution in [1.29, 1.82) is 0 Å². The first-order valence-electron chi connectivity index (χ1n) is 10.1. The van der Waals surface area contributed by atoms with Gasteiger partial charge in [0.05, 0.1) is 0 Å². The fourth-order valence-electron chi connectivity index (χ4n) is 3.36. The summed E-state index contributed by atoms with van der Waals surface area (Å²) in [6.45, 7) is 1.54. The number of carboxylic acid groups (broad SMARTS) is 2. The summed E-state index contributed by atoms with van der Waals surface area (Å²) in [5.74, 6) is -0.649. The van der Waals surface area contributed by atoms with Crippen molar-refractivity contribution >= 4 is 28.5 Å². The number of furan rings is 1. The lowest BCUT2D eigenvalue weighted by Gasteiger charge is -2.10. The highest BCUT2D eigenvalue weighted by Crippen LogP contribution is 2.40. The van der Waals surface area contributed by atoms with Crippen LogP contribution in [0.3, 0.4) is 0 Å². The van der Waals surface area contributed by atoms with Gasteiger partial charge in [0.25, 0.3) is 0 Å². The Bertz CT molecular complexity index is 1160. The quantitative estimate of drug-likeness (QED) is 0.572. The summed E-state index contributed by atoms with van der Waals surface area (Å²) in [4.78, 5) is 21.3. The van der Waals surface area contributed by atoms with Gasteiger partial charge < -0.3 is 24.3 Å². The van der Waals surface area contributed by atoms with E-state index in [0.717, 1.165) is 52.1 Å². The number of para-hydroxylation sites is 2. The number of ether oxygens (including phenoxy) is 1. The molecule has 0 atom stereocenters. The first-order chi connectivity index (χ1) is 15.4. The van der Waals surface area contributed by atoms with Gasteiger partial charge in [-0.05, 0) is 32.6 Å². The zero-order valence-electron chi connectivity index (χ0n) is 17.9. The van der Waals surface area contributed by atoms with Crippen LogP contribution in [0.25, 0.3) is 16.5 Å². The van der Waals surface area contributed by atoms with Crippen molar-refractivity contribution in [2.45, 2.75) is 13.0 Å². The molecule has 2 heterocycles. The Labute approximate surface area is 185 Å². The van der Waals surface area contributed by atoms with Crippen LogP contribution in [0.1, 0.15) is 23.3 Å². The van der Waals surface area contributed by atoms with E-state index >= 15 is 0 Å². The second-order valence-electron chi connectivity index (χ2n) is 7.41. The first-order valence-corrected chi connectivity index (χ1v) is 10.1. The molecule has 7 nitrogen and oxygen atoms in total. The van der Waals surface area contributed by atoms with E-state index in [9.17, 15) is 9.59 Å². The molecule has 32 heavy (non-hydrogen) atoms. The van der Waals surface area contributed by atoms with Crippen molar-refractivity contribution in [3.05, 3.63) is 83.6 Å². The zero-order valence-corrected chi connectivity index (χ0v) is 17.9. The minimum Gasteiger partial charge on any atom is -0.488 e. The molecular formula is C25H25NO6. The van der Waals surface area contributed by atoms with Gasteiger partial charge in [-0.3, -0.25) is 0 Å². The smallest absolute Gasteiger partial charge is 0.328 e. The zero-order chi connectivity index (χ0) is 23.1. The molecule has 0 fully saturated rings. The van der Waals surface area contributed by atoms with Crippen LogP contribution in [0.4, 0.5) is 0 Å². The number of nitrogens with zero attached hydrogens (tertiary/aromatic N) is 1. The number of carboxylic acids is 2. The van der Waals surface area contributed by atoms with Gasteiger partial charge in [0.15, 0.2) is 0 Å². The fourth-order valence-corrected chi connectivity index (χ4v) is 3.36. The van der Waals surface area contributed by atoms with Crippen LogP contribution in [-0.2, 0) is 16.2 Å². The predicted molar refractivity (Wildman–Crippen MR) is 122 cm³/mol. The van der Waals surface area contributed by atoms with Gasteiger partial charge in [-0.1, -0.05) is 42.5 Å². The number of aliphatic carboxylic acids is 2. The average Bonchev–Trinajstić information content (AvgIpc) is 3.05.